The Morgan fingerprint density at radius 1 is 1.26 bits per heavy atom. The lowest BCUT2D eigenvalue weighted by Gasteiger charge is -2.42. The van der Waals surface area contributed by atoms with Gasteiger partial charge in [-0.3, -0.25) is 0 Å². The highest BCUT2D eigenvalue weighted by atomic mass is 15.5. The Hall–Kier alpha value is -1.68. The summed E-state index contributed by atoms with van der Waals surface area (Å²) in [6.07, 6.45) is 6.96. The van der Waals surface area contributed by atoms with Crippen LogP contribution in [0.1, 0.15) is 38.3 Å². The van der Waals surface area contributed by atoms with Crippen molar-refractivity contribution in [3.63, 3.8) is 0 Å². The number of hydrogen-bond acceptors (Lipinski definition) is 3. The number of para-hydroxylation sites is 1. The SMILES string of the molecule is CCC1(NCc2cnn(-c3ccccc3)n2)CCC1. The van der Waals surface area contributed by atoms with Gasteiger partial charge in [-0.25, -0.2) is 0 Å². The molecule has 19 heavy (non-hydrogen) atoms. The summed E-state index contributed by atoms with van der Waals surface area (Å²) in [5.74, 6) is 0. The Labute approximate surface area is 113 Å². The minimum Gasteiger partial charge on any atom is -0.305 e. The molecule has 0 aliphatic heterocycles. The van der Waals surface area contributed by atoms with Crippen molar-refractivity contribution in [2.45, 2.75) is 44.7 Å². The molecule has 1 N–H and O–H groups in total. The minimum atomic E-state index is 0.358. The summed E-state index contributed by atoms with van der Waals surface area (Å²) in [4.78, 5) is 1.69. The van der Waals surface area contributed by atoms with E-state index >= 15 is 0 Å². The van der Waals surface area contributed by atoms with Gasteiger partial charge >= 0.3 is 0 Å². The van der Waals surface area contributed by atoms with Gasteiger partial charge in [-0.15, -0.1) is 0 Å². The molecule has 1 fully saturated rings. The first-order valence-electron chi connectivity index (χ1n) is 7.03. The molecule has 0 amide bonds. The summed E-state index contributed by atoms with van der Waals surface area (Å²) in [7, 11) is 0. The lowest BCUT2D eigenvalue weighted by Crippen LogP contribution is -2.49. The molecule has 1 saturated carbocycles. The van der Waals surface area contributed by atoms with Crippen LogP contribution in [0.5, 0.6) is 0 Å². The zero-order valence-electron chi connectivity index (χ0n) is 11.3. The fraction of sp³-hybridized carbons (Fsp3) is 0.467. The van der Waals surface area contributed by atoms with E-state index in [4.69, 9.17) is 0 Å². The highest BCUT2D eigenvalue weighted by Crippen LogP contribution is 2.34. The van der Waals surface area contributed by atoms with Gasteiger partial charge in [0.15, 0.2) is 0 Å². The Bertz CT molecular complexity index is 523. The van der Waals surface area contributed by atoms with Crippen molar-refractivity contribution in [2.75, 3.05) is 0 Å². The van der Waals surface area contributed by atoms with Crippen LogP contribution in [0.15, 0.2) is 36.5 Å². The van der Waals surface area contributed by atoms with Crippen LogP contribution in [0, 0.1) is 0 Å². The summed E-state index contributed by atoms with van der Waals surface area (Å²) in [5, 5.41) is 12.5. The van der Waals surface area contributed by atoms with Crippen LogP contribution in [0.4, 0.5) is 0 Å². The van der Waals surface area contributed by atoms with Gasteiger partial charge in [0.05, 0.1) is 17.6 Å². The standard InChI is InChI=1S/C15H20N4/c1-2-15(9-6-10-15)16-11-13-12-17-19(18-13)14-7-4-3-5-8-14/h3-5,7-8,12,16H,2,6,9-11H2,1H3. The zero-order chi connectivity index (χ0) is 13.1. The minimum absolute atomic E-state index is 0.358. The van der Waals surface area contributed by atoms with E-state index in [-0.39, 0.29) is 0 Å². The normalized spacial score (nSPS) is 17.1. The van der Waals surface area contributed by atoms with Crippen molar-refractivity contribution in [2.24, 2.45) is 0 Å². The fourth-order valence-corrected chi connectivity index (χ4v) is 2.60. The summed E-state index contributed by atoms with van der Waals surface area (Å²) in [6, 6.07) is 10.0. The van der Waals surface area contributed by atoms with Crippen LogP contribution in [-0.2, 0) is 6.54 Å². The summed E-state index contributed by atoms with van der Waals surface area (Å²) in [6.45, 7) is 3.06. The molecule has 4 heteroatoms. The van der Waals surface area contributed by atoms with Crippen molar-refractivity contribution >= 4 is 0 Å². The van der Waals surface area contributed by atoms with Gasteiger partial charge in [-0.1, -0.05) is 25.1 Å². The molecule has 2 aromatic rings. The Kier molecular flexibility index (Phi) is 3.34. The van der Waals surface area contributed by atoms with Crippen LogP contribution in [0.2, 0.25) is 0 Å². The maximum atomic E-state index is 4.52. The third kappa shape index (κ3) is 2.54. The molecule has 1 aromatic carbocycles. The van der Waals surface area contributed by atoms with Crippen molar-refractivity contribution in [1.82, 2.24) is 20.3 Å². The van der Waals surface area contributed by atoms with Crippen molar-refractivity contribution in [3.8, 4) is 5.69 Å². The Morgan fingerprint density at radius 2 is 2.05 bits per heavy atom. The van der Waals surface area contributed by atoms with Crippen LogP contribution in [-0.4, -0.2) is 20.5 Å². The maximum absolute atomic E-state index is 4.52. The topological polar surface area (TPSA) is 42.7 Å². The second-order valence-corrected chi connectivity index (χ2v) is 5.30. The summed E-state index contributed by atoms with van der Waals surface area (Å²) >= 11 is 0. The smallest absolute Gasteiger partial charge is 0.0969 e. The van der Waals surface area contributed by atoms with Gasteiger partial charge in [0.1, 0.15) is 0 Å². The van der Waals surface area contributed by atoms with Gasteiger partial charge in [0.2, 0.25) is 0 Å². The number of nitrogens with one attached hydrogen (secondary N) is 1. The van der Waals surface area contributed by atoms with Gasteiger partial charge < -0.3 is 5.32 Å². The van der Waals surface area contributed by atoms with E-state index in [1.54, 1.807) is 4.80 Å². The van der Waals surface area contributed by atoms with Crippen LogP contribution in [0.3, 0.4) is 0 Å². The van der Waals surface area contributed by atoms with E-state index in [2.05, 4.69) is 22.4 Å². The molecule has 1 aliphatic carbocycles. The van der Waals surface area contributed by atoms with Crippen molar-refractivity contribution < 1.29 is 0 Å². The quantitative estimate of drug-likeness (QED) is 0.894. The van der Waals surface area contributed by atoms with Crippen LogP contribution < -0.4 is 5.32 Å². The molecule has 100 valence electrons. The number of aromatic nitrogens is 3. The molecule has 1 heterocycles. The molecule has 4 nitrogen and oxygen atoms in total. The Morgan fingerprint density at radius 3 is 2.68 bits per heavy atom. The molecule has 0 atom stereocenters. The Balaban J connectivity index is 1.65. The second kappa shape index (κ2) is 5.13. The predicted octanol–water partition coefficient (Wildman–Crippen LogP) is 2.69. The average molecular weight is 256 g/mol. The summed E-state index contributed by atoms with van der Waals surface area (Å²) in [5.41, 5.74) is 2.36. The number of rotatable bonds is 5. The zero-order valence-corrected chi connectivity index (χ0v) is 11.3. The van der Waals surface area contributed by atoms with Crippen molar-refractivity contribution in [3.05, 3.63) is 42.2 Å². The van der Waals surface area contributed by atoms with Gasteiger partial charge in [0, 0.05) is 12.1 Å². The van der Waals surface area contributed by atoms with Gasteiger partial charge in [0.25, 0.3) is 0 Å². The molecule has 0 radical (unpaired) electrons. The number of hydrogen-bond donors (Lipinski definition) is 1. The third-order valence-corrected chi connectivity index (χ3v) is 4.16. The number of nitrogens with zero attached hydrogens (tertiary/aromatic N) is 3. The molecule has 1 aromatic heterocycles. The average Bonchev–Trinajstić information content (AvgIpc) is 2.88. The van der Waals surface area contributed by atoms with E-state index in [1.807, 2.05) is 36.5 Å². The number of benzene rings is 1. The molecule has 0 unspecified atom stereocenters. The van der Waals surface area contributed by atoms with E-state index in [1.165, 1.54) is 25.7 Å². The van der Waals surface area contributed by atoms with Crippen molar-refractivity contribution in [1.29, 1.82) is 0 Å². The molecule has 3 rings (SSSR count). The first kappa shape index (κ1) is 12.4. The maximum Gasteiger partial charge on any atom is 0.0969 e. The van der Waals surface area contributed by atoms with Crippen LogP contribution in [0.25, 0.3) is 5.69 Å². The summed E-state index contributed by atoms with van der Waals surface area (Å²) < 4.78 is 0. The lowest BCUT2D eigenvalue weighted by atomic mass is 9.75. The highest BCUT2D eigenvalue weighted by Gasteiger charge is 2.34. The highest BCUT2D eigenvalue weighted by molar-refractivity contribution is 5.28. The van der Waals surface area contributed by atoms with Gasteiger partial charge in [-0.05, 0) is 37.8 Å². The molecular formula is C15H20N4. The van der Waals surface area contributed by atoms with Gasteiger partial charge in [-0.2, -0.15) is 15.0 Å². The van der Waals surface area contributed by atoms with E-state index in [0.717, 1.165) is 17.9 Å². The molecule has 0 saturated heterocycles. The molecule has 1 aliphatic rings. The lowest BCUT2D eigenvalue weighted by molar-refractivity contribution is 0.174. The molecular weight excluding hydrogens is 236 g/mol. The fourth-order valence-electron chi connectivity index (χ4n) is 2.60. The predicted molar refractivity (Wildman–Crippen MR) is 75.1 cm³/mol. The third-order valence-electron chi connectivity index (χ3n) is 4.16. The monoisotopic (exact) mass is 256 g/mol. The van der Waals surface area contributed by atoms with E-state index in [0.29, 0.717) is 5.54 Å². The molecule has 0 bridgehead atoms. The first-order valence-corrected chi connectivity index (χ1v) is 7.03. The van der Waals surface area contributed by atoms with E-state index in [9.17, 15) is 0 Å². The first-order chi connectivity index (χ1) is 9.31. The molecule has 0 spiro atoms. The largest absolute Gasteiger partial charge is 0.305 e. The second-order valence-electron chi connectivity index (χ2n) is 5.30. The van der Waals surface area contributed by atoms with E-state index < -0.39 is 0 Å². The van der Waals surface area contributed by atoms with Crippen LogP contribution >= 0.6 is 0 Å².